The molecule has 3 nitrogen and oxygen atoms in total. The summed E-state index contributed by atoms with van der Waals surface area (Å²) >= 11 is 0. The summed E-state index contributed by atoms with van der Waals surface area (Å²) in [5.74, 6) is 0.154. The lowest BCUT2D eigenvalue weighted by molar-refractivity contribution is 0.0631. The minimum absolute atomic E-state index is 0.154. The number of carbonyl (C=O) groups excluding carboxylic acids is 1. The number of amides is 1. The SMILES string of the molecule is O=C1c2ccccc2C2(Cc3ccccc3)NCCN12. The summed E-state index contributed by atoms with van der Waals surface area (Å²) in [6.07, 6.45) is 0.816. The molecule has 1 N–H and O–H groups in total. The van der Waals surface area contributed by atoms with Crippen molar-refractivity contribution >= 4 is 5.91 Å². The summed E-state index contributed by atoms with van der Waals surface area (Å²) in [6, 6.07) is 18.3. The molecule has 0 radical (unpaired) electrons. The van der Waals surface area contributed by atoms with Gasteiger partial charge in [0.2, 0.25) is 0 Å². The lowest BCUT2D eigenvalue weighted by atomic mass is 9.92. The lowest BCUT2D eigenvalue weighted by Crippen LogP contribution is -2.47. The molecule has 1 saturated heterocycles. The Kier molecular flexibility index (Phi) is 2.44. The minimum Gasteiger partial charge on any atom is -0.315 e. The molecule has 0 saturated carbocycles. The number of hydrogen-bond donors (Lipinski definition) is 1. The molecule has 0 spiro atoms. The van der Waals surface area contributed by atoms with Crippen molar-refractivity contribution in [3.63, 3.8) is 0 Å². The fraction of sp³-hybridized carbons (Fsp3) is 0.235. The van der Waals surface area contributed by atoms with Gasteiger partial charge in [0.05, 0.1) is 0 Å². The third kappa shape index (κ3) is 1.47. The number of carbonyl (C=O) groups is 1. The number of nitrogens with one attached hydrogen (secondary N) is 1. The normalized spacial score (nSPS) is 23.8. The van der Waals surface area contributed by atoms with E-state index in [1.54, 1.807) is 0 Å². The summed E-state index contributed by atoms with van der Waals surface area (Å²) < 4.78 is 0. The molecular formula is C17H16N2O. The predicted molar refractivity (Wildman–Crippen MR) is 77.3 cm³/mol. The first kappa shape index (κ1) is 11.7. The van der Waals surface area contributed by atoms with Crippen LogP contribution in [0.25, 0.3) is 0 Å². The van der Waals surface area contributed by atoms with Gasteiger partial charge in [0.1, 0.15) is 5.66 Å². The number of fused-ring (bicyclic) bond motifs is 3. The third-order valence-electron chi connectivity index (χ3n) is 4.36. The zero-order valence-corrected chi connectivity index (χ0v) is 11.2. The van der Waals surface area contributed by atoms with Gasteiger partial charge in [-0.2, -0.15) is 0 Å². The van der Waals surface area contributed by atoms with Crippen molar-refractivity contribution in [2.24, 2.45) is 0 Å². The van der Waals surface area contributed by atoms with E-state index >= 15 is 0 Å². The maximum atomic E-state index is 12.6. The molecule has 2 aromatic rings. The summed E-state index contributed by atoms with van der Waals surface area (Å²) in [6.45, 7) is 1.63. The zero-order valence-electron chi connectivity index (χ0n) is 11.2. The van der Waals surface area contributed by atoms with Crippen molar-refractivity contribution in [2.75, 3.05) is 13.1 Å². The Balaban J connectivity index is 1.84. The monoisotopic (exact) mass is 264 g/mol. The third-order valence-corrected chi connectivity index (χ3v) is 4.36. The van der Waals surface area contributed by atoms with E-state index in [0.717, 1.165) is 30.6 Å². The number of rotatable bonds is 2. The van der Waals surface area contributed by atoms with Crippen LogP contribution in [0.15, 0.2) is 54.6 Å². The molecule has 2 aliphatic heterocycles. The zero-order chi connectivity index (χ0) is 13.6. The van der Waals surface area contributed by atoms with Gasteiger partial charge in [-0.3, -0.25) is 10.1 Å². The second kappa shape index (κ2) is 4.18. The van der Waals surface area contributed by atoms with E-state index < -0.39 is 0 Å². The van der Waals surface area contributed by atoms with Crippen LogP contribution >= 0.6 is 0 Å². The molecule has 1 unspecified atom stereocenters. The Hall–Kier alpha value is -2.13. The summed E-state index contributed by atoms with van der Waals surface area (Å²) in [5.41, 5.74) is 2.85. The molecule has 0 bridgehead atoms. The molecule has 100 valence electrons. The molecule has 0 aliphatic carbocycles. The largest absolute Gasteiger partial charge is 0.315 e. The van der Waals surface area contributed by atoms with Gasteiger partial charge in [0, 0.05) is 30.6 Å². The fourth-order valence-electron chi connectivity index (χ4n) is 3.50. The van der Waals surface area contributed by atoms with E-state index in [4.69, 9.17) is 0 Å². The molecule has 4 rings (SSSR count). The van der Waals surface area contributed by atoms with Crippen LogP contribution in [-0.2, 0) is 12.1 Å². The quantitative estimate of drug-likeness (QED) is 0.901. The Morgan fingerprint density at radius 2 is 1.80 bits per heavy atom. The van der Waals surface area contributed by atoms with Gasteiger partial charge in [0.15, 0.2) is 0 Å². The van der Waals surface area contributed by atoms with E-state index in [1.807, 2.05) is 41.3 Å². The van der Waals surface area contributed by atoms with E-state index in [0.29, 0.717) is 0 Å². The molecular weight excluding hydrogens is 248 g/mol. The smallest absolute Gasteiger partial charge is 0.256 e. The number of hydrogen-bond acceptors (Lipinski definition) is 2. The van der Waals surface area contributed by atoms with Crippen molar-refractivity contribution in [2.45, 2.75) is 12.1 Å². The molecule has 2 heterocycles. The van der Waals surface area contributed by atoms with Gasteiger partial charge in [-0.1, -0.05) is 48.5 Å². The fourth-order valence-corrected chi connectivity index (χ4v) is 3.50. The second-order valence-electron chi connectivity index (χ2n) is 5.45. The summed E-state index contributed by atoms with van der Waals surface area (Å²) in [7, 11) is 0. The Morgan fingerprint density at radius 3 is 2.65 bits per heavy atom. The maximum absolute atomic E-state index is 12.6. The van der Waals surface area contributed by atoms with Crippen LogP contribution in [0.5, 0.6) is 0 Å². The van der Waals surface area contributed by atoms with Crippen LogP contribution < -0.4 is 5.32 Å². The highest BCUT2D eigenvalue weighted by molar-refractivity contribution is 6.00. The van der Waals surface area contributed by atoms with Crippen LogP contribution in [0.4, 0.5) is 0 Å². The lowest BCUT2D eigenvalue weighted by Gasteiger charge is -2.33. The van der Waals surface area contributed by atoms with Gasteiger partial charge in [-0.05, 0) is 11.6 Å². The molecule has 3 heteroatoms. The van der Waals surface area contributed by atoms with Gasteiger partial charge < -0.3 is 4.90 Å². The Morgan fingerprint density at radius 1 is 1.05 bits per heavy atom. The van der Waals surface area contributed by atoms with Crippen molar-refractivity contribution in [1.82, 2.24) is 10.2 Å². The maximum Gasteiger partial charge on any atom is 0.256 e. The Bertz CT molecular complexity index is 668. The molecule has 0 aromatic heterocycles. The average Bonchev–Trinajstić information content (AvgIpc) is 3.00. The topological polar surface area (TPSA) is 32.3 Å². The first-order chi connectivity index (χ1) is 9.81. The van der Waals surface area contributed by atoms with E-state index in [1.165, 1.54) is 5.56 Å². The minimum atomic E-state index is -0.352. The first-order valence-electron chi connectivity index (χ1n) is 7.02. The molecule has 1 atom stereocenters. The molecule has 20 heavy (non-hydrogen) atoms. The Labute approximate surface area is 118 Å². The van der Waals surface area contributed by atoms with E-state index in [9.17, 15) is 4.79 Å². The highest BCUT2D eigenvalue weighted by atomic mass is 16.2. The number of nitrogens with zero attached hydrogens (tertiary/aromatic N) is 1. The van der Waals surface area contributed by atoms with E-state index in [2.05, 4.69) is 23.5 Å². The van der Waals surface area contributed by atoms with Crippen LogP contribution in [0.1, 0.15) is 21.5 Å². The molecule has 2 aromatic carbocycles. The highest BCUT2D eigenvalue weighted by Crippen LogP contribution is 2.41. The van der Waals surface area contributed by atoms with Gasteiger partial charge in [-0.15, -0.1) is 0 Å². The van der Waals surface area contributed by atoms with E-state index in [-0.39, 0.29) is 11.6 Å². The van der Waals surface area contributed by atoms with Gasteiger partial charge in [0.25, 0.3) is 5.91 Å². The van der Waals surface area contributed by atoms with Crippen molar-refractivity contribution < 1.29 is 4.79 Å². The van der Waals surface area contributed by atoms with Gasteiger partial charge >= 0.3 is 0 Å². The van der Waals surface area contributed by atoms with Crippen molar-refractivity contribution in [3.05, 3.63) is 71.3 Å². The summed E-state index contributed by atoms with van der Waals surface area (Å²) in [5, 5.41) is 3.57. The van der Waals surface area contributed by atoms with Crippen LogP contribution in [-0.4, -0.2) is 23.9 Å². The second-order valence-corrected chi connectivity index (χ2v) is 5.45. The number of benzene rings is 2. The van der Waals surface area contributed by atoms with Crippen LogP contribution in [0, 0.1) is 0 Å². The van der Waals surface area contributed by atoms with Crippen molar-refractivity contribution in [3.8, 4) is 0 Å². The average molecular weight is 264 g/mol. The molecule has 1 amide bonds. The van der Waals surface area contributed by atoms with Crippen molar-refractivity contribution in [1.29, 1.82) is 0 Å². The highest BCUT2D eigenvalue weighted by Gasteiger charge is 2.51. The standard InChI is InChI=1S/C17H16N2O/c20-16-14-8-4-5-9-15(14)17(18-10-11-19(16)17)12-13-6-2-1-3-7-13/h1-9,18H,10-12H2. The molecule has 2 aliphatic rings. The first-order valence-corrected chi connectivity index (χ1v) is 7.02. The predicted octanol–water partition coefficient (Wildman–Crippen LogP) is 2.14. The van der Waals surface area contributed by atoms with Crippen LogP contribution in [0.2, 0.25) is 0 Å². The van der Waals surface area contributed by atoms with Crippen LogP contribution in [0.3, 0.4) is 0 Å². The van der Waals surface area contributed by atoms with Gasteiger partial charge in [-0.25, -0.2) is 0 Å². The summed E-state index contributed by atoms with van der Waals surface area (Å²) in [4.78, 5) is 14.6. The molecule has 1 fully saturated rings.